The van der Waals surface area contributed by atoms with E-state index in [9.17, 15) is 4.79 Å². The summed E-state index contributed by atoms with van der Waals surface area (Å²) in [5.74, 6) is 0. The number of nitrogens with one attached hydrogen (secondary N) is 1. The monoisotopic (exact) mass is 262 g/mol. The molecule has 1 aromatic heterocycles. The van der Waals surface area contributed by atoms with E-state index >= 15 is 0 Å². The third-order valence-electron chi connectivity index (χ3n) is 2.50. The van der Waals surface area contributed by atoms with Crippen LogP contribution in [-0.4, -0.2) is 16.2 Å². The lowest BCUT2D eigenvalue weighted by Crippen LogP contribution is -2.06. The summed E-state index contributed by atoms with van der Waals surface area (Å²) < 4.78 is 0. The molecule has 0 radical (unpaired) electrons. The van der Waals surface area contributed by atoms with E-state index in [1.165, 1.54) is 22.5 Å². The molecule has 2 aromatic rings. The first kappa shape index (κ1) is 12.6. The molecular weight excluding hydrogens is 248 g/mol. The Morgan fingerprint density at radius 1 is 1.44 bits per heavy atom. The van der Waals surface area contributed by atoms with Gasteiger partial charge in [-0.2, -0.15) is 0 Å². The van der Waals surface area contributed by atoms with Crippen molar-refractivity contribution in [3.05, 3.63) is 46.1 Å². The number of benzene rings is 1. The van der Waals surface area contributed by atoms with Crippen molar-refractivity contribution in [3.8, 4) is 0 Å². The number of carbonyl (C=O) groups is 1. The Morgan fingerprint density at radius 2 is 2.22 bits per heavy atom. The second-order valence-electron chi connectivity index (χ2n) is 4.12. The molecule has 0 saturated carbocycles. The van der Waals surface area contributed by atoms with Crippen molar-refractivity contribution in [2.75, 3.05) is 5.32 Å². The van der Waals surface area contributed by atoms with Crippen LogP contribution < -0.4 is 5.32 Å². The van der Waals surface area contributed by atoms with E-state index in [-0.39, 0.29) is 0 Å². The maximum Gasteiger partial charge on any atom is 0.409 e. The highest BCUT2D eigenvalue weighted by molar-refractivity contribution is 7.16. The van der Waals surface area contributed by atoms with Crippen molar-refractivity contribution >= 4 is 22.4 Å². The number of thiazole rings is 1. The highest BCUT2D eigenvalue weighted by atomic mass is 32.1. The fourth-order valence-corrected chi connectivity index (χ4v) is 2.73. The van der Waals surface area contributed by atoms with Crippen molar-refractivity contribution in [1.82, 2.24) is 4.98 Å². The van der Waals surface area contributed by atoms with Crippen LogP contribution in [0.25, 0.3) is 0 Å². The standard InChI is InChI=1S/C13H14N2O2S/c1-8-4-3-5-10(6-8)7-11-14-9(2)12(18-11)15-13(16)17/h3-6,15H,7H2,1-2H3,(H,16,17). The van der Waals surface area contributed by atoms with Gasteiger partial charge in [0.25, 0.3) is 0 Å². The van der Waals surface area contributed by atoms with Gasteiger partial charge in [0.15, 0.2) is 0 Å². The first-order chi connectivity index (χ1) is 8.54. The number of nitrogens with zero attached hydrogens (tertiary/aromatic N) is 1. The van der Waals surface area contributed by atoms with E-state index in [1.807, 2.05) is 32.0 Å². The number of aryl methyl sites for hydroxylation is 2. The molecule has 0 unspecified atom stereocenters. The molecule has 0 aliphatic carbocycles. The molecule has 0 fully saturated rings. The fourth-order valence-electron chi connectivity index (χ4n) is 1.74. The lowest BCUT2D eigenvalue weighted by Gasteiger charge is -1.99. The SMILES string of the molecule is Cc1cccc(Cc2nc(C)c(NC(=O)O)s2)c1. The van der Waals surface area contributed by atoms with Gasteiger partial charge in [-0.25, -0.2) is 9.78 Å². The second-order valence-corrected chi connectivity index (χ2v) is 5.20. The summed E-state index contributed by atoms with van der Waals surface area (Å²) >= 11 is 1.39. The number of hydrogen-bond donors (Lipinski definition) is 2. The summed E-state index contributed by atoms with van der Waals surface area (Å²) in [6, 6.07) is 8.23. The molecule has 0 saturated heterocycles. The van der Waals surface area contributed by atoms with Gasteiger partial charge in [0.1, 0.15) is 5.00 Å². The zero-order valence-corrected chi connectivity index (χ0v) is 11.0. The van der Waals surface area contributed by atoms with Crippen LogP contribution in [0.2, 0.25) is 0 Å². The van der Waals surface area contributed by atoms with Crippen molar-refractivity contribution < 1.29 is 9.90 Å². The molecule has 2 rings (SSSR count). The maximum atomic E-state index is 10.6. The summed E-state index contributed by atoms with van der Waals surface area (Å²) in [6.07, 6.45) is -0.321. The summed E-state index contributed by atoms with van der Waals surface area (Å²) in [4.78, 5) is 15.0. The Hall–Kier alpha value is -1.88. The van der Waals surface area contributed by atoms with E-state index in [0.29, 0.717) is 5.00 Å². The summed E-state index contributed by atoms with van der Waals surface area (Å²) in [5.41, 5.74) is 3.13. The molecule has 0 aliphatic rings. The van der Waals surface area contributed by atoms with Crippen LogP contribution in [0.15, 0.2) is 24.3 Å². The summed E-state index contributed by atoms with van der Waals surface area (Å²) in [5, 5.41) is 12.6. The topological polar surface area (TPSA) is 62.2 Å². The Kier molecular flexibility index (Phi) is 3.62. The highest BCUT2D eigenvalue weighted by Crippen LogP contribution is 2.25. The van der Waals surface area contributed by atoms with Crippen LogP contribution in [0.3, 0.4) is 0 Å². The van der Waals surface area contributed by atoms with E-state index in [4.69, 9.17) is 5.11 Å². The molecule has 1 amide bonds. The zero-order valence-electron chi connectivity index (χ0n) is 10.2. The first-order valence-electron chi connectivity index (χ1n) is 5.56. The van der Waals surface area contributed by atoms with Gasteiger partial charge in [-0.05, 0) is 19.4 Å². The zero-order chi connectivity index (χ0) is 13.1. The quantitative estimate of drug-likeness (QED) is 0.890. The van der Waals surface area contributed by atoms with Crippen LogP contribution in [0, 0.1) is 13.8 Å². The molecule has 0 atom stereocenters. The molecule has 0 aliphatic heterocycles. The van der Waals surface area contributed by atoms with Gasteiger partial charge in [-0.1, -0.05) is 29.8 Å². The average Bonchev–Trinajstić information content (AvgIpc) is 2.58. The lowest BCUT2D eigenvalue weighted by molar-refractivity contribution is 0.210. The van der Waals surface area contributed by atoms with Gasteiger partial charge in [0, 0.05) is 6.42 Å². The minimum atomic E-state index is -1.05. The third-order valence-corrected chi connectivity index (χ3v) is 3.57. The molecule has 1 heterocycles. The smallest absolute Gasteiger partial charge is 0.409 e. The second kappa shape index (κ2) is 5.18. The van der Waals surface area contributed by atoms with Crippen molar-refractivity contribution in [3.63, 3.8) is 0 Å². The Bertz CT molecular complexity index is 578. The van der Waals surface area contributed by atoms with Crippen LogP contribution >= 0.6 is 11.3 Å². The maximum absolute atomic E-state index is 10.6. The molecule has 1 aromatic carbocycles. The van der Waals surface area contributed by atoms with Crippen LogP contribution in [0.4, 0.5) is 9.80 Å². The average molecular weight is 262 g/mol. The normalized spacial score (nSPS) is 10.3. The molecular formula is C13H14N2O2S. The predicted octanol–water partition coefficient (Wildman–Crippen LogP) is 3.44. The van der Waals surface area contributed by atoms with E-state index in [0.717, 1.165) is 17.1 Å². The third kappa shape index (κ3) is 3.07. The van der Waals surface area contributed by atoms with Gasteiger partial charge in [-0.3, -0.25) is 5.32 Å². The van der Waals surface area contributed by atoms with Gasteiger partial charge < -0.3 is 5.11 Å². The van der Waals surface area contributed by atoms with Gasteiger partial charge >= 0.3 is 6.09 Å². The predicted molar refractivity (Wildman–Crippen MR) is 72.5 cm³/mol. The van der Waals surface area contributed by atoms with Gasteiger partial charge in [0.2, 0.25) is 0 Å². The van der Waals surface area contributed by atoms with Crippen molar-refractivity contribution in [2.45, 2.75) is 20.3 Å². The number of anilines is 1. The summed E-state index contributed by atoms with van der Waals surface area (Å²) in [6.45, 7) is 3.86. The minimum Gasteiger partial charge on any atom is -0.465 e. The Labute approximate surface area is 109 Å². The van der Waals surface area contributed by atoms with Crippen molar-refractivity contribution in [1.29, 1.82) is 0 Å². The number of amides is 1. The molecule has 2 N–H and O–H groups in total. The van der Waals surface area contributed by atoms with E-state index in [1.54, 1.807) is 0 Å². The van der Waals surface area contributed by atoms with Crippen molar-refractivity contribution in [2.24, 2.45) is 0 Å². The highest BCUT2D eigenvalue weighted by Gasteiger charge is 2.10. The van der Waals surface area contributed by atoms with Crippen LogP contribution in [0.1, 0.15) is 21.8 Å². The number of aromatic nitrogens is 1. The largest absolute Gasteiger partial charge is 0.465 e. The Morgan fingerprint density at radius 3 is 2.89 bits per heavy atom. The first-order valence-corrected chi connectivity index (χ1v) is 6.38. The molecule has 94 valence electrons. The fraction of sp³-hybridized carbons (Fsp3) is 0.231. The number of rotatable bonds is 3. The summed E-state index contributed by atoms with van der Waals surface area (Å²) in [7, 11) is 0. The number of carboxylic acid groups (broad SMARTS) is 1. The molecule has 0 bridgehead atoms. The molecule has 4 nitrogen and oxygen atoms in total. The minimum absolute atomic E-state index is 0.602. The molecule has 0 spiro atoms. The van der Waals surface area contributed by atoms with E-state index in [2.05, 4.69) is 16.4 Å². The van der Waals surface area contributed by atoms with Crippen LogP contribution in [0.5, 0.6) is 0 Å². The van der Waals surface area contributed by atoms with Gasteiger partial charge in [-0.15, -0.1) is 11.3 Å². The van der Waals surface area contributed by atoms with E-state index < -0.39 is 6.09 Å². The van der Waals surface area contributed by atoms with Gasteiger partial charge in [0.05, 0.1) is 10.7 Å². The lowest BCUT2D eigenvalue weighted by atomic mass is 10.1. The number of hydrogen-bond acceptors (Lipinski definition) is 3. The van der Waals surface area contributed by atoms with Crippen LogP contribution in [-0.2, 0) is 6.42 Å². The molecule has 18 heavy (non-hydrogen) atoms. The molecule has 5 heteroatoms. The Balaban J connectivity index is 2.17.